The Morgan fingerprint density at radius 3 is 2.32 bits per heavy atom. The molecule has 1 fully saturated rings. The first-order valence-corrected chi connectivity index (χ1v) is 9.28. The molecule has 0 N–H and O–H groups in total. The van der Waals surface area contributed by atoms with Crippen molar-refractivity contribution in [1.82, 2.24) is 4.90 Å². The van der Waals surface area contributed by atoms with Crippen molar-refractivity contribution in [3.8, 4) is 11.5 Å². The number of fused-ring (bicyclic) bond motifs is 1. The SMILES string of the molecule is COC1=C(OC)[C@@]23CCc4ccc(OC)c(OC)c4[C@]2(CC1=O)CC(=O)N3C. The highest BCUT2D eigenvalue weighted by molar-refractivity contribution is 6.00. The van der Waals surface area contributed by atoms with Gasteiger partial charge in [-0.05, 0) is 24.5 Å². The number of likely N-dealkylation sites (tertiary alicyclic amines) is 1. The summed E-state index contributed by atoms with van der Waals surface area (Å²) in [4.78, 5) is 27.9. The van der Waals surface area contributed by atoms with Gasteiger partial charge in [-0.3, -0.25) is 9.59 Å². The van der Waals surface area contributed by atoms with Gasteiger partial charge in [0.1, 0.15) is 5.54 Å². The second-order valence-corrected chi connectivity index (χ2v) is 7.57. The molecule has 1 heterocycles. The summed E-state index contributed by atoms with van der Waals surface area (Å²) in [5, 5.41) is 0. The zero-order chi connectivity index (χ0) is 20.3. The van der Waals surface area contributed by atoms with Crippen LogP contribution in [0.1, 0.15) is 30.4 Å². The number of ketones is 1. The fourth-order valence-corrected chi connectivity index (χ4v) is 5.69. The van der Waals surface area contributed by atoms with Gasteiger partial charge in [0, 0.05) is 30.9 Å². The number of likely N-dealkylation sites (N-methyl/N-ethyl adjacent to an activating group) is 1. The third-order valence-electron chi connectivity index (χ3n) is 6.76. The molecule has 1 aromatic carbocycles. The molecule has 0 saturated carbocycles. The second-order valence-electron chi connectivity index (χ2n) is 7.57. The summed E-state index contributed by atoms with van der Waals surface area (Å²) in [6.45, 7) is 0. The quantitative estimate of drug-likeness (QED) is 0.786. The maximum Gasteiger partial charge on any atom is 0.224 e. The molecule has 1 saturated heterocycles. The highest BCUT2D eigenvalue weighted by atomic mass is 16.5. The standard InChI is InChI=1S/C21H25NO6/c1-22-15(24)11-20-10-13(23)17(26-3)19(28-5)21(20,22)9-8-12-6-7-14(25-2)18(27-4)16(12)20/h6-7H,8-11H2,1-5H3/t20-,21-/m0/s1. The highest BCUT2D eigenvalue weighted by Gasteiger charge is 2.71. The van der Waals surface area contributed by atoms with E-state index >= 15 is 0 Å². The van der Waals surface area contributed by atoms with Gasteiger partial charge in [0.15, 0.2) is 17.3 Å². The van der Waals surface area contributed by atoms with E-state index < -0.39 is 11.0 Å². The predicted octanol–water partition coefficient (Wildman–Crippen LogP) is 1.97. The number of benzene rings is 1. The Bertz CT molecular complexity index is 906. The summed E-state index contributed by atoms with van der Waals surface area (Å²) < 4.78 is 22.5. The van der Waals surface area contributed by atoms with Gasteiger partial charge in [-0.25, -0.2) is 0 Å². The Morgan fingerprint density at radius 2 is 1.71 bits per heavy atom. The van der Waals surface area contributed by atoms with E-state index in [2.05, 4.69) is 0 Å². The number of nitrogens with zero attached hydrogens (tertiary/aromatic N) is 1. The van der Waals surface area contributed by atoms with E-state index in [9.17, 15) is 9.59 Å². The van der Waals surface area contributed by atoms with E-state index in [0.29, 0.717) is 30.1 Å². The van der Waals surface area contributed by atoms with Gasteiger partial charge in [0.25, 0.3) is 0 Å². The van der Waals surface area contributed by atoms with Crippen molar-refractivity contribution in [3.63, 3.8) is 0 Å². The van der Waals surface area contributed by atoms with Crippen LogP contribution in [0.25, 0.3) is 0 Å². The lowest BCUT2D eigenvalue weighted by molar-refractivity contribution is -0.131. The fraction of sp³-hybridized carbons (Fsp3) is 0.524. The molecule has 7 heteroatoms. The van der Waals surface area contributed by atoms with E-state index in [4.69, 9.17) is 18.9 Å². The van der Waals surface area contributed by atoms with Crippen LogP contribution in [0.4, 0.5) is 0 Å². The average molecular weight is 387 g/mol. The van der Waals surface area contributed by atoms with Crippen molar-refractivity contribution < 1.29 is 28.5 Å². The number of carbonyl (C=O) groups is 2. The predicted molar refractivity (Wildman–Crippen MR) is 100 cm³/mol. The van der Waals surface area contributed by atoms with Crippen LogP contribution in [0.15, 0.2) is 23.7 Å². The van der Waals surface area contributed by atoms with E-state index in [0.717, 1.165) is 11.1 Å². The number of methoxy groups -OCH3 is 4. The average Bonchev–Trinajstić information content (AvgIpc) is 2.93. The van der Waals surface area contributed by atoms with Crippen LogP contribution in [-0.2, 0) is 30.9 Å². The molecule has 28 heavy (non-hydrogen) atoms. The van der Waals surface area contributed by atoms with Crippen LogP contribution >= 0.6 is 0 Å². The van der Waals surface area contributed by atoms with E-state index in [1.807, 2.05) is 12.1 Å². The summed E-state index contributed by atoms with van der Waals surface area (Å²) >= 11 is 0. The maximum atomic E-state index is 13.1. The molecule has 3 aliphatic rings. The zero-order valence-electron chi connectivity index (χ0n) is 16.9. The van der Waals surface area contributed by atoms with E-state index in [1.165, 1.54) is 14.2 Å². The van der Waals surface area contributed by atoms with Gasteiger partial charge in [0.2, 0.25) is 17.4 Å². The van der Waals surface area contributed by atoms with Crippen molar-refractivity contribution in [2.45, 2.75) is 36.6 Å². The van der Waals surface area contributed by atoms with Crippen LogP contribution < -0.4 is 9.47 Å². The van der Waals surface area contributed by atoms with Gasteiger partial charge in [-0.1, -0.05) is 6.07 Å². The monoisotopic (exact) mass is 387 g/mol. The Labute approximate surface area is 164 Å². The molecular weight excluding hydrogens is 362 g/mol. The largest absolute Gasteiger partial charge is 0.495 e. The molecule has 1 amide bonds. The molecule has 7 nitrogen and oxygen atoms in total. The smallest absolute Gasteiger partial charge is 0.224 e. The Balaban J connectivity index is 2.12. The minimum atomic E-state index is -0.801. The Kier molecular flexibility index (Phi) is 4.10. The van der Waals surface area contributed by atoms with Crippen molar-refractivity contribution in [2.75, 3.05) is 35.5 Å². The first kappa shape index (κ1) is 18.7. The number of hydrogen-bond acceptors (Lipinski definition) is 6. The summed E-state index contributed by atoms with van der Waals surface area (Å²) in [5.74, 6) is 1.59. The van der Waals surface area contributed by atoms with Crippen LogP contribution in [0.2, 0.25) is 0 Å². The minimum Gasteiger partial charge on any atom is -0.495 e. The summed E-state index contributed by atoms with van der Waals surface area (Å²) in [6.07, 6.45) is 1.71. The van der Waals surface area contributed by atoms with E-state index in [1.54, 1.807) is 26.2 Å². The maximum absolute atomic E-state index is 13.1. The molecule has 1 aliphatic heterocycles. The van der Waals surface area contributed by atoms with Crippen molar-refractivity contribution in [1.29, 1.82) is 0 Å². The lowest BCUT2D eigenvalue weighted by Gasteiger charge is -2.54. The summed E-state index contributed by atoms with van der Waals surface area (Å²) in [5.41, 5.74) is 0.346. The molecule has 1 aromatic rings. The number of ether oxygens (including phenoxy) is 4. The molecule has 0 radical (unpaired) electrons. The molecule has 2 atom stereocenters. The van der Waals surface area contributed by atoms with Crippen molar-refractivity contribution in [3.05, 3.63) is 34.8 Å². The lowest BCUT2D eigenvalue weighted by atomic mass is 9.53. The zero-order valence-corrected chi connectivity index (χ0v) is 16.9. The minimum absolute atomic E-state index is 0.0302. The third-order valence-corrected chi connectivity index (χ3v) is 6.76. The molecular formula is C21H25NO6. The number of hydrogen-bond donors (Lipinski definition) is 0. The first-order chi connectivity index (χ1) is 13.4. The van der Waals surface area contributed by atoms with Gasteiger partial charge in [-0.2, -0.15) is 0 Å². The molecule has 0 unspecified atom stereocenters. The van der Waals surface area contributed by atoms with Crippen LogP contribution in [0.3, 0.4) is 0 Å². The van der Waals surface area contributed by atoms with Gasteiger partial charge >= 0.3 is 0 Å². The lowest BCUT2D eigenvalue weighted by Crippen LogP contribution is -2.62. The van der Waals surface area contributed by atoms with E-state index in [-0.39, 0.29) is 30.3 Å². The topological polar surface area (TPSA) is 74.3 Å². The first-order valence-electron chi connectivity index (χ1n) is 9.28. The van der Waals surface area contributed by atoms with Gasteiger partial charge < -0.3 is 23.8 Å². The van der Waals surface area contributed by atoms with Crippen LogP contribution in [0, 0.1) is 0 Å². The Hall–Kier alpha value is -2.70. The molecule has 0 spiro atoms. The normalized spacial score (nSPS) is 28.5. The molecule has 0 bridgehead atoms. The second kappa shape index (κ2) is 6.15. The number of rotatable bonds is 4. The molecule has 4 rings (SSSR count). The molecule has 150 valence electrons. The van der Waals surface area contributed by atoms with Crippen molar-refractivity contribution in [2.24, 2.45) is 0 Å². The summed E-state index contributed by atoms with van der Waals surface area (Å²) in [7, 11) is 7.95. The summed E-state index contributed by atoms with van der Waals surface area (Å²) in [6, 6.07) is 3.88. The fourth-order valence-electron chi connectivity index (χ4n) is 5.69. The number of carbonyl (C=O) groups excluding carboxylic acids is 2. The number of aryl methyl sites for hydroxylation is 1. The number of amides is 1. The van der Waals surface area contributed by atoms with Crippen molar-refractivity contribution >= 4 is 11.7 Å². The van der Waals surface area contributed by atoms with Gasteiger partial charge in [-0.15, -0.1) is 0 Å². The number of Topliss-reactive ketones (excluding diaryl/α,β-unsaturated/α-hetero) is 1. The van der Waals surface area contributed by atoms with Gasteiger partial charge in [0.05, 0.1) is 28.4 Å². The molecule has 0 aromatic heterocycles. The Morgan fingerprint density at radius 1 is 0.964 bits per heavy atom. The van der Waals surface area contributed by atoms with Crippen LogP contribution in [0.5, 0.6) is 11.5 Å². The molecule has 2 aliphatic carbocycles. The highest BCUT2D eigenvalue weighted by Crippen LogP contribution is 2.64. The van der Waals surface area contributed by atoms with Crippen LogP contribution in [-0.4, -0.2) is 57.6 Å². The number of allylic oxidation sites excluding steroid dienone is 1. The third kappa shape index (κ3) is 1.94.